The highest BCUT2D eigenvalue weighted by Gasteiger charge is 2.06. The Hall–Kier alpha value is -0.820. The van der Waals surface area contributed by atoms with Gasteiger partial charge in [-0.2, -0.15) is 0 Å². The van der Waals surface area contributed by atoms with Gasteiger partial charge in [0.2, 0.25) is 5.95 Å². The average molecular weight is 332 g/mol. The Kier molecular flexibility index (Phi) is 4.22. The molecule has 0 fully saturated rings. The van der Waals surface area contributed by atoms with Gasteiger partial charge in [0.25, 0.3) is 0 Å². The molecule has 4 nitrogen and oxygen atoms in total. The Bertz CT molecular complexity index is 520. The molecule has 0 aliphatic heterocycles. The van der Waals surface area contributed by atoms with Crippen LogP contribution in [0.15, 0.2) is 44.9 Å². The first-order valence-corrected chi connectivity index (χ1v) is 6.60. The molecule has 0 bridgehead atoms. The van der Waals surface area contributed by atoms with Crippen molar-refractivity contribution in [3.8, 4) is 0 Å². The van der Waals surface area contributed by atoms with Crippen molar-refractivity contribution in [2.24, 2.45) is 5.84 Å². The number of benzene rings is 1. The van der Waals surface area contributed by atoms with Gasteiger partial charge < -0.3 is 0 Å². The largest absolute Gasteiger partial charge is 0.292 e. The Morgan fingerprint density at radius 3 is 2.65 bits per heavy atom. The van der Waals surface area contributed by atoms with Gasteiger partial charge in [0.15, 0.2) is 0 Å². The first kappa shape index (κ1) is 12.6. The fraction of sp³-hybridized carbons (Fsp3) is 0. The average Bonchev–Trinajstić information content (AvgIpc) is 2.35. The molecule has 1 heterocycles. The minimum atomic E-state index is 0.379. The first-order valence-electron chi connectivity index (χ1n) is 4.61. The van der Waals surface area contributed by atoms with E-state index in [1.165, 1.54) is 11.8 Å². The van der Waals surface area contributed by atoms with Crippen molar-refractivity contribution >= 4 is 45.2 Å². The van der Waals surface area contributed by atoms with Crippen LogP contribution in [0.2, 0.25) is 5.02 Å². The Balaban J connectivity index is 2.25. The van der Waals surface area contributed by atoms with Gasteiger partial charge in [-0.15, -0.1) is 0 Å². The molecular weight excluding hydrogens is 324 g/mol. The highest BCUT2D eigenvalue weighted by molar-refractivity contribution is 9.10. The quantitative estimate of drug-likeness (QED) is 0.513. The summed E-state index contributed by atoms with van der Waals surface area (Å²) < 4.78 is 0.816. The molecule has 7 heteroatoms. The lowest BCUT2D eigenvalue weighted by molar-refractivity contribution is 1.01. The van der Waals surface area contributed by atoms with Gasteiger partial charge >= 0.3 is 0 Å². The third-order valence-corrected chi connectivity index (χ3v) is 3.98. The number of aromatic nitrogens is 2. The van der Waals surface area contributed by atoms with Crippen molar-refractivity contribution in [1.82, 2.24) is 9.97 Å². The van der Waals surface area contributed by atoms with Crippen molar-refractivity contribution in [3.63, 3.8) is 0 Å². The van der Waals surface area contributed by atoms with Gasteiger partial charge in [-0.1, -0.05) is 23.4 Å². The number of halogens is 2. The van der Waals surface area contributed by atoms with Crippen LogP contribution in [-0.2, 0) is 0 Å². The lowest BCUT2D eigenvalue weighted by Gasteiger charge is -2.05. The van der Waals surface area contributed by atoms with E-state index in [0.717, 1.165) is 14.4 Å². The maximum Gasteiger partial charge on any atom is 0.238 e. The minimum Gasteiger partial charge on any atom is -0.292 e. The van der Waals surface area contributed by atoms with E-state index in [-0.39, 0.29) is 0 Å². The summed E-state index contributed by atoms with van der Waals surface area (Å²) in [7, 11) is 0. The lowest BCUT2D eigenvalue weighted by atomic mass is 10.4. The topological polar surface area (TPSA) is 63.8 Å². The predicted molar refractivity (Wildman–Crippen MR) is 73.1 cm³/mol. The highest BCUT2D eigenvalue weighted by Crippen LogP contribution is 2.32. The lowest BCUT2D eigenvalue weighted by Crippen LogP contribution is -2.10. The van der Waals surface area contributed by atoms with Crippen molar-refractivity contribution in [1.29, 1.82) is 0 Å². The van der Waals surface area contributed by atoms with Crippen LogP contribution in [0.4, 0.5) is 5.95 Å². The SMILES string of the molecule is NNc1ncc(Br)c(Sc2ccc(Cl)cc2)n1. The molecule has 0 saturated heterocycles. The Morgan fingerprint density at radius 2 is 2.00 bits per heavy atom. The minimum absolute atomic E-state index is 0.379. The zero-order valence-electron chi connectivity index (χ0n) is 8.52. The zero-order chi connectivity index (χ0) is 12.3. The fourth-order valence-electron chi connectivity index (χ4n) is 1.11. The van der Waals surface area contributed by atoms with Gasteiger partial charge in [0, 0.05) is 16.1 Å². The number of nitrogen functional groups attached to an aromatic ring is 1. The molecule has 0 saturated carbocycles. The van der Waals surface area contributed by atoms with E-state index < -0.39 is 0 Å². The number of hydrazine groups is 1. The maximum atomic E-state index is 5.82. The summed E-state index contributed by atoms with van der Waals surface area (Å²) in [6, 6.07) is 7.52. The van der Waals surface area contributed by atoms with Crippen LogP contribution in [0, 0.1) is 0 Å². The summed E-state index contributed by atoms with van der Waals surface area (Å²) in [5, 5.41) is 1.50. The molecule has 1 aromatic heterocycles. The highest BCUT2D eigenvalue weighted by atomic mass is 79.9. The van der Waals surface area contributed by atoms with E-state index >= 15 is 0 Å². The number of hydrogen-bond donors (Lipinski definition) is 2. The van der Waals surface area contributed by atoms with E-state index in [9.17, 15) is 0 Å². The molecule has 88 valence electrons. The van der Waals surface area contributed by atoms with Crippen LogP contribution < -0.4 is 11.3 Å². The summed E-state index contributed by atoms with van der Waals surface area (Å²) in [4.78, 5) is 9.27. The van der Waals surface area contributed by atoms with Crippen molar-refractivity contribution < 1.29 is 0 Å². The summed E-state index contributed by atoms with van der Waals surface area (Å²) in [6.07, 6.45) is 1.65. The molecule has 0 amide bonds. The number of nitrogens with two attached hydrogens (primary N) is 1. The van der Waals surface area contributed by atoms with Crippen molar-refractivity contribution in [3.05, 3.63) is 40.0 Å². The van der Waals surface area contributed by atoms with E-state index in [1.54, 1.807) is 6.20 Å². The van der Waals surface area contributed by atoms with E-state index in [2.05, 4.69) is 31.3 Å². The molecule has 3 N–H and O–H groups in total. The van der Waals surface area contributed by atoms with E-state index in [1.807, 2.05) is 24.3 Å². The molecule has 2 aromatic rings. The number of nitrogens with one attached hydrogen (secondary N) is 1. The number of nitrogens with zero attached hydrogens (tertiary/aromatic N) is 2. The molecule has 0 unspecified atom stereocenters. The van der Waals surface area contributed by atoms with Crippen LogP contribution >= 0.6 is 39.3 Å². The van der Waals surface area contributed by atoms with Gasteiger partial charge in [-0.05, 0) is 40.2 Å². The normalized spacial score (nSPS) is 10.3. The third kappa shape index (κ3) is 3.32. The van der Waals surface area contributed by atoms with Crippen molar-refractivity contribution in [2.75, 3.05) is 5.43 Å². The molecule has 2 rings (SSSR count). The van der Waals surface area contributed by atoms with Crippen LogP contribution in [0.5, 0.6) is 0 Å². The number of anilines is 1. The molecular formula is C10H8BrClN4S. The summed E-state index contributed by atoms with van der Waals surface area (Å²) >= 11 is 10.7. The zero-order valence-corrected chi connectivity index (χ0v) is 11.7. The number of rotatable bonds is 3. The molecule has 1 aromatic carbocycles. The first-order chi connectivity index (χ1) is 8.19. The van der Waals surface area contributed by atoms with Crippen LogP contribution in [0.1, 0.15) is 0 Å². The summed E-state index contributed by atoms with van der Waals surface area (Å²) in [6.45, 7) is 0. The molecule has 0 aliphatic carbocycles. The molecule has 17 heavy (non-hydrogen) atoms. The standard InChI is InChI=1S/C10H8BrClN4S/c11-8-5-14-10(16-13)15-9(8)17-7-3-1-6(12)2-4-7/h1-5H,13H2,(H,14,15,16). The van der Waals surface area contributed by atoms with E-state index in [4.69, 9.17) is 17.4 Å². The second-order valence-corrected chi connectivity index (χ2v) is 5.40. The fourth-order valence-corrected chi connectivity index (χ4v) is 2.44. The van der Waals surface area contributed by atoms with Crippen LogP contribution in [-0.4, -0.2) is 9.97 Å². The second kappa shape index (κ2) is 5.68. The Labute approximate surface area is 116 Å². The van der Waals surface area contributed by atoms with Crippen molar-refractivity contribution in [2.45, 2.75) is 9.92 Å². The van der Waals surface area contributed by atoms with Gasteiger partial charge in [-0.25, -0.2) is 15.8 Å². The molecule has 0 aliphatic rings. The van der Waals surface area contributed by atoms with Gasteiger partial charge in [0.1, 0.15) is 5.03 Å². The molecule has 0 spiro atoms. The third-order valence-electron chi connectivity index (χ3n) is 1.87. The van der Waals surface area contributed by atoms with E-state index in [0.29, 0.717) is 11.0 Å². The Morgan fingerprint density at radius 1 is 1.29 bits per heavy atom. The molecule has 0 atom stereocenters. The molecule has 0 radical (unpaired) electrons. The summed E-state index contributed by atoms with van der Waals surface area (Å²) in [5.41, 5.74) is 2.41. The monoisotopic (exact) mass is 330 g/mol. The number of hydrogen-bond acceptors (Lipinski definition) is 5. The van der Waals surface area contributed by atoms with Crippen LogP contribution in [0.25, 0.3) is 0 Å². The van der Waals surface area contributed by atoms with Crippen LogP contribution in [0.3, 0.4) is 0 Å². The second-order valence-electron chi connectivity index (χ2n) is 3.05. The van der Waals surface area contributed by atoms with Gasteiger partial charge in [-0.3, -0.25) is 5.43 Å². The predicted octanol–water partition coefficient (Wildman–Crippen LogP) is 3.33. The summed E-state index contributed by atoms with van der Waals surface area (Å²) in [5.74, 6) is 5.64. The smallest absolute Gasteiger partial charge is 0.238 e. The van der Waals surface area contributed by atoms with Gasteiger partial charge in [0.05, 0.1) is 4.47 Å². The maximum absolute atomic E-state index is 5.82.